The molecule has 0 atom stereocenters. The van der Waals surface area contributed by atoms with Crippen LogP contribution in [0.1, 0.15) is 31.3 Å². The number of ether oxygens (including phenoxy) is 1. The standard InChI is InChI=1S/C11H13BrN2O3/c1-11(2,3)17-10(16)14-7-4-8(6-15)13-9(12)5-7/h4-6H,1-3H3,(H,13,14,16). The molecule has 1 aromatic heterocycles. The number of amides is 1. The first-order valence-electron chi connectivity index (χ1n) is 4.93. The van der Waals surface area contributed by atoms with Gasteiger partial charge in [0.05, 0.1) is 0 Å². The van der Waals surface area contributed by atoms with Gasteiger partial charge in [-0.05, 0) is 48.8 Å². The van der Waals surface area contributed by atoms with E-state index in [4.69, 9.17) is 4.74 Å². The van der Waals surface area contributed by atoms with Crippen molar-refractivity contribution < 1.29 is 14.3 Å². The quantitative estimate of drug-likeness (QED) is 0.673. The van der Waals surface area contributed by atoms with Gasteiger partial charge in [-0.15, -0.1) is 0 Å². The maximum atomic E-state index is 11.5. The predicted octanol–water partition coefficient (Wildman–Crippen LogP) is 3.00. The van der Waals surface area contributed by atoms with Gasteiger partial charge >= 0.3 is 6.09 Å². The monoisotopic (exact) mass is 300 g/mol. The summed E-state index contributed by atoms with van der Waals surface area (Å²) in [6.07, 6.45) is 0.0258. The van der Waals surface area contributed by atoms with Crippen LogP contribution in [0.4, 0.5) is 10.5 Å². The number of hydrogen-bond acceptors (Lipinski definition) is 4. The number of hydrogen-bond donors (Lipinski definition) is 1. The Kier molecular flexibility index (Phi) is 4.22. The van der Waals surface area contributed by atoms with Gasteiger partial charge in [0.1, 0.15) is 15.9 Å². The molecule has 0 radical (unpaired) electrons. The fourth-order valence-electron chi connectivity index (χ4n) is 1.07. The second-order valence-electron chi connectivity index (χ2n) is 4.35. The fraction of sp³-hybridized carbons (Fsp3) is 0.364. The van der Waals surface area contributed by atoms with E-state index in [9.17, 15) is 9.59 Å². The molecule has 5 nitrogen and oxygen atoms in total. The van der Waals surface area contributed by atoms with E-state index >= 15 is 0 Å². The Bertz CT molecular complexity index is 441. The van der Waals surface area contributed by atoms with Crippen LogP contribution in [-0.4, -0.2) is 23.0 Å². The summed E-state index contributed by atoms with van der Waals surface area (Å²) in [5, 5.41) is 2.52. The van der Waals surface area contributed by atoms with Gasteiger partial charge < -0.3 is 4.74 Å². The molecule has 0 aliphatic rings. The van der Waals surface area contributed by atoms with E-state index in [2.05, 4.69) is 26.2 Å². The highest BCUT2D eigenvalue weighted by Crippen LogP contribution is 2.16. The summed E-state index contributed by atoms with van der Waals surface area (Å²) in [5.41, 5.74) is 0.107. The van der Waals surface area contributed by atoms with E-state index in [-0.39, 0.29) is 5.69 Å². The number of nitrogens with zero attached hydrogens (tertiary/aromatic N) is 1. The van der Waals surface area contributed by atoms with Crippen molar-refractivity contribution in [3.63, 3.8) is 0 Å². The molecule has 0 unspecified atom stereocenters. The largest absolute Gasteiger partial charge is 0.444 e. The number of halogens is 1. The molecular weight excluding hydrogens is 288 g/mol. The summed E-state index contributed by atoms with van der Waals surface area (Å²) in [6, 6.07) is 3.04. The Morgan fingerprint density at radius 1 is 1.47 bits per heavy atom. The minimum absolute atomic E-state index is 0.227. The molecule has 0 bridgehead atoms. The van der Waals surface area contributed by atoms with Crippen molar-refractivity contribution in [2.45, 2.75) is 26.4 Å². The highest BCUT2D eigenvalue weighted by molar-refractivity contribution is 9.10. The Balaban J connectivity index is 2.78. The number of aromatic nitrogens is 1. The van der Waals surface area contributed by atoms with Crippen LogP contribution in [0.15, 0.2) is 16.7 Å². The second-order valence-corrected chi connectivity index (χ2v) is 5.16. The summed E-state index contributed by atoms with van der Waals surface area (Å²) >= 11 is 3.14. The number of anilines is 1. The van der Waals surface area contributed by atoms with Gasteiger partial charge in [0.25, 0.3) is 0 Å². The topological polar surface area (TPSA) is 68.3 Å². The summed E-state index contributed by atoms with van der Waals surface area (Å²) < 4.78 is 5.55. The Labute approximate surface area is 108 Å². The maximum Gasteiger partial charge on any atom is 0.412 e. The first-order chi connectivity index (χ1) is 7.80. The van der Waals surface area contributed by atoms with Crippen molar-refractivity contribution >= 4 is 34.0 Å². The molecule has 0 spiro atoms. The van der Waals surface area contributed by atoms with Crippen molar-refractivity contribution in [1.82, 2.24) is 4.98 Å². The van der Waals surface area contributed by atoms with Crippen LogP contribution in [0.3, 0.4) is 0 Å². The van der Waals surface area contributed by atoms with Gasteiger partial charge in [-0.25, -0.2) is 9.78 Å². The number of carbonyl (C=O) groups excluding carboxylic acids is 2. The first-order valence-corrected chi connectivity index (χ1v) is 5.72. The number of carbonyl (C=O) groups is 2. The fourth-order valence-corrected chi connectivity index (χ4v) is 1.52. The van der Waals surface area contributed by atoms with Crippen LogP contribution < -0.4 is 5.32 Å². The molecule has 1 rings (SSSR count). The minimum atomic E-state index is -0.576. The average Bonchev–Trinajstić information content (AvgIpc) is 2.13. The lowest BCUT2D eigenvalue weighted by Gasteiger charge is -2.19. The predicted molar refractivity (Wildman–Crippen MR) is 67.2 cm³/mol. The van der Waals surface area contributed by atoms with E-state index in [1.807, 2.05) is 0 Å². The van der Waals surface area contributed by atoms with E-state index in [1.54, 1.807) is 26.8 Å². The maximum absolute atomic E-state index is 11.5. The molecule has 0 aliphatic heterocycles. The van der Waals surface area contributed by atoms with Crippen molar-refractivity contribution in [3.8, 4) is 0 Å². The van der Waals surface area contributed by atoms with Crippen LogP contribution in [0.2, 0.25) is 0 Å². The van der Waals surface area contributed by atoms with Crippen molar-refractivity contribution in [2.75, 3.05) is 5.32 Å². The Morgan fingerprint density at radius 3 is 2.65 bits per heavy atom. The molecule has 17 heavy (non-hydrogen) atoms. The third kappa shape index (κ3) is 4.95. The molecule has 6 heteroatoms. The van der Waals surface area contributed by atoms with Gasteiger partial charge in [0, 0.05) is 5.69 Å². The molecule has 1 amide bonds. The van der Waals surface area contributed by atoms with E-state index in [1.165, 1.54) is 6.07 Å². The molecule has 1 N–H and O–H groups in total. The van der Waals surface area contributed by atoms with Gasteiger partial charge in [0.15, 0.2) is 6.29 Å². The average molecular weight is 301 g/mol. The third-order valence-corrected chi connectivity index (χ3v) is 1.99. The lowest BCUT2D eigenvalue weighted by molar-refractivity contribution is 0.0635. The SMILES string of the molecule is CC(C)(C)OC(=O)Nc1cc(Br)nc(C=O)c1. The normalized spacial score (nSPS) is 10.8. The number of aldehydes is 1. The smallest absolute Gasteiger partial charge is 0.412 e. The summed E-state index contributed by atoms with van der Waals surface area (Å²) in [5.74, 6) is 0. The highest BCUT2D eigenvalue weighted by Gasteiger charge is 2.16. The van der Waals surface area contributed by atoms with E-state index in [0.29, 0.717) is 16.6 Å². The first kappa shape index (κ1) is 13.6. The zero-order valence-electron chi connectivity index (χ0n) is 9.78. The molecule has 0 aliphatic carbocycles. The molecule has 0 saturated heterocycles. The van der Waals surface area contributed by atoms with Gasteiger partial charge in [-0.2, -0.15) is 0 Å². The molecule has 1 aromatic rings. The zero-order valence-corrected chi connectivity index (χ0v) is 11.4. The van der Waals surface area contributed by atoms with Gasteiger partial charge in [0.2, 0.25) is 0 Å². The highest BCUT2D eigenvalue weighted by atomic mass is 79.9. The third-order valence-electron chi connectivity index (χ3n) is 1.58. The lowest BCUT2D eigenvalue weighted by Crippen LogP contribution is -2.27. The lowest BCUT2D eigenvalue weighted by atomic mass is 10.2. The van der Waals surface area contributed by atoms with E-state index in [0.717, 1.165) is 0 Å². The van der Waals surface area contributed by atoms with Crippen LogP contribution in [0.5, 0.6) is 0 Å². The number of pyridine rings is 1. The molecular formula is C11H13BrN2O3. The molecule has 0 fully saturated rings. The van der Waals surface area contributed by atoms with Crippen LogP contribution in [0.25, 0.3) is 0 Å². The van der Waals surface area contributed by atoms with Crippen LogP contribution >= 0.6 is 15.9 Å². The van der Waals surface area contributed by atoms with Gasteiger partial charge in [-0.3, -0.25) is 10.1 Å². The Hall–Kier alpha value is -1.43. The summed E-state index contributed by atoms with van der Waals surface area (Å²) in [6.45, 7) is 5.31. The zero-order chi connectivity index (χ0) is 13.1. The van der Waals surface area contributed by atoms with Crippen LogP contribution in [-0.2, 0) is 4.74 Å². The molecule has 0 aromatic carbocycles. The molecule has 1 heterocycles. The second kappa shape index (κ2) is 5.27. The molecule has 0 saturated carbocycles. The van der Waals surface area contributed by atoms with Gasteiger partial charge in [-0.1, -0.05) is 0 Å². The van der Waals surface area contributed by atoms with E-state index < -0.39 is 11.7 Å². The number of rotatable bonds is 2. The molecule has 92 valence electrons. The number of nitrogens with one attached hydrogen (secondary N) is 1. The Morgan fingerprint density at radius 2 is 2.12 bits per heavy atom. The summed E-state index contributed by atoms with van der Waals surface area (Å²) in [4.78, 5) is 26.0. The van der Waals surface area contributed by atoms with Crippen molar-refractivity contribution in [2.24, 2.45) is 0 Å². The van der Waals surface area contributed by atoms with Crippen LogP contribution in [0, 0.1) is 0 Å². The minimum Gasteiger partial charge on any atom is -0.444 e. The van der Waals surface area contributed by atoms with Crippen molar-refractivity contribution in [1.29, 1.82) is 0 Å². The van der Waals surface area contributed by atoms with Crippen molar-refractivity contribution in [3.05, 3.63) is 22.4 Å². The summed E-state index contributed by atoms with van der Waals surface area (Å²) in [7, 11) is 0.